The number of benzene rings is 1. The number of halogens is 2. The summed E-state index contributed by atoms with van der Waals surface area (Å²) in [6.45, 7) is 1.88. The highest BCUT2D eigenvalue weighted by Crippen LogP contribution is 2.27. The summed E-state index contributed by atoms with van der Waals surface area (Å²) < 4.78 is 40.3. The standard InChI is InChI=1S/C13H12ClFN2O4S2/c1-2-16(8-9-3-6-13(14)22-9)23(20,21)10-4-5-11(15)12(7-10)17(18)19/h3-7H,2,8H2,1H3. The smallest absolute Gasteiger partial charge is 0.258 e. The second-order valence-electron chi connectivity index (χ2n) is 4.51. The molecule has 0 saturated heterocycles. The molecule has 10 heteroatoms. The van der Waals surface area contributed by atoms with Gasteiger partial charge in [0.05, 0.1) is 14.2 Å². The maximum Gasteiger partial charge on any atom is 0.306 e. The summed E-state index contributed by atoms with van der Waals surface area (Å²) in [6.07, 6.45) is 0. The lowest BCUT2D eigenvalue weighted by atomic mass is 10.3. The van der Waals surface area contributed by atoms with Crippen molar-refractivity contribution in [1.29, 1.82) is 0 Å². The topological polar surface area (TPSA) is 80.5 Å². The summed E-state index contributed by atoms with van der Waals surface area (Å²) in [5, 5.41) is 10.8. The molecule has 1 heterocycles. The van der Waals surface area contributed by atoms with Crippen LogP contribution in [0.5, 0.6) is 0 Å². The Bertz CT molecular complexity index is 838. The Labute approximate surface area is 141 Å². The molecule has 0 fully saturated rings. The fourth-order valence-electron chi connectivity index (χ4n) is 1.92. The molecule has 0 N–H and O–H groups in total. The molecule has 6 nitrogen and oxygen atoms in total. The van der Waals surface area contributed by atoms with Crippen LogP contribution in [0.3, 0.4) is 0 Å². The van der Waals surface area contributed by atoms with Crippen LogP contribution in [0.1, 0.15) is 11.8 Å². The molecule has 0 bridgehead atoms. The van der Waals surface area contributed by atoms with Crippen molar-refractivity contribution in [3.05, 3.63) is 55.5 Å². The number of nitro groups is 1. The van der Waals surface area contributed by atoms with E-state index in [1.165, 1.54) is 11.3 Å². The molecule has 0 atom stereocenters. The van der Waals surface area contributed by atoms with Crippen LogP contribution < -0.4 is 0 Å². The largest absolute Gasteiger partial charge is 0.306 e. The molecule has 0 saturated carbocycles. The molecule has 0 aliphatic carbocycles. The van der Waals surface area contributed by atoms with Crippen LogP contribution in [0, 0.1) is 15.9 Å². The van der Waals surface area contributed by atoms with Gasteiger partial charge in [-0.05, 0) is 24.3 Å². The number of rotatable bonds is 6. The molecule has 2 rings (SSSR count). The number of hydrogen-bond donors (Lipinski definition) is 0. The summed E-state index contributed by atoms with van der Waals surface area (Å²) in [7, 11) is -3.99. The minimum absolute atomic E-state index is 0.0847. The first kappa shape index (κ1) is 17.8. The minimum Gasteiger partial charge on any atom is -0.258 e. The van der Waals surface area contributed by atoms with Crippen molar-refractivity contribution in [3.8, 4) is 0 Å². The lowest BCUT2D eigenvalue weighted by molar-refractivity contribution is -0.387. The lowest BCUT2D eigenvalue weighted by Gasteiger charge is -2.19. The van der Waals surface area contributed by atoms with Crippen molar-refractivity contribution in [2.45, 2.75) is 18.4 Å². The molecule has 1 aromatic heterocycles. The van der Waals surface area contributed by atoms with Crippen molar-refractivity contribution in [2.24, 2.45) is 0 Å². The van der Waals surface area contributed by atoms with E-state index in [0.29, 0.717) is 4.34 Å². The van der Waals surface area contributed by atoms with E-state index in [1.54, 1.807) is 19.1 Å². The van der Waals surface area contributed by atoms with Gasteiger partial charge in [-0.15, -0.1) is 11.3 Å². The van der Waals surface area contributed by atoms with Gasteiger partial charge in [0, 0.05) is 24.0 Å². The Morgan fingerprint density at radius 2 is 2.04 bits per heavy atom. The predicted octanol–water partition coefficient (Wildman–Crippen LogP) is 3.66. The Balaban J connectivity index is 2.39. The zero-order chi connectivity index (χ0) is 17.2. The number of sulfonamides is 1. The van der Waals surface area contributed by atoms with Crippen LogP contribution in [-0.2, 0) is 16.6 Å². The Morgan fingerprint density at radius 3 is 2.57 bits per heavy atom. The highest BCUT2D eigenvalue weighted by atomic mass is 35.5. The summed E-state index contributed by atoms with van der Waals surface area (Å²) in [5.74, 6) is -1.08. The van der Waals surface area contributed by atoms with Crippen LogP contribution in [-0.4, -0.2) is 24.2 Å². The third-order valence-corrected chi connectivity index (χ3v) is 6.20. The van der Waals surface area contributed by atoms with Gasteiger partial charge in [-0.2, -0.15) is 8.70 Å². The highest BCUT2D eigenvalue weighted by Gasteiger charge is 2.27. The van der Waals surface area contributed by atoms with Crippen molar-refractivity contribution < 1.29 is 17.7 Å². The van der Waals surface area contributed by atoms with Crippen molar-refractivity contribution in [3.63, 3.8) is 0 Å². The molecule has 0 aliphatic rings. The van der Waals surface area contributed by atoms with Crippen LogP contribution in [0.2, 0.25) is 4.34 Å². The summed E-state index contributed by atoms with van der Waals surface area (Å²) >= 11 is 7.07. The molecule has 0 unspecified atom stereocenters. The third-order valence-electron chi connectivity index (χ3n) is 3.07. The molecule has 1 aromatic carbocycles. The molecule has 0 aliphatic heterocycles. The Kier molecular flexibility index (Phi) is 5.35. The lowest BCUT2D eigenvalue weighted by Crippen LogP contribution is -2.30. The van der Waals surface area contributed by atoms with Crippen molar-refractivity contribution >= 4 is 38.6 Å². The first-order chi connectivity index (χ1) is 10.8. The number of nitro benzene ring substituents is 1. The van der Waals surface area contributed by atoms with Crippen LogP contribution in [0.15, 0.2) is 35.2 Å². The molecule has 2 aromatic rings. The second-order valence-corrected chi connectivity index (χ2v) is 8.24. The monoisotopic (exact) mass is 378 g/mol. The van der Waals surface area contributed by atoms with E-state index >= 15 is 0 Å². The van der Waals surface area contributed by atoms with Gasteiger partial charge in [-0.25, -0.2) is 8.42 Å². The Morgan fingerprint density at radius 1 is 1.35 bits per heavy atom. The van der Waals surface area contributed by atoms with Crippen LogP contribution >= 0.6 is 22.9 Å². The zero-order valence-electron chi connectivity index (χ0n) is 11.9. The first-order valence-corrected chi connectivity index (χ1v) is 9.07. The van der Waals surface area contributed by atoms with E-state index in [9.17, 15) is 22.9 Å². The van der Waals surface area contributed by atoms with Crippen molar-refractivity contribution in [1.82, 2.24) is 4.31 Å². The van der Waals surface area contributed by atoms with Gasteiger partial charge in [0.15, 0.2) is 0 Å². The van der Waals surface area contributed by atoms with E-state index in [4.69, 9.17) is 11.6 Å². The maximum atomic E-state index is 13.4. The van der Waals surface area contributed by atoms with E-state index in [0.717, 1.165) is 27.4 Å². The van der Waals surface area contributed by atoms with Gasteiger partial charge in [0.1, 0.15) is 0 Å². The molecule has 23 heavy (non-hydrogen) atoms. The van der Waals surface area contributed by atoms with Gasteiger partial charge < -0.3 is 0 Å². The fourth-order valence-corrected chi connectivity index (χ4v) is 4.55. The van der Waals surface area contributed by atoms with Crippen LogP contribution in [0.25, 0.3) is 0 Å². The summed E-state index contributed by atoms with van der Waals surface area (Å²) in [4.78, 5) is 10.2. The second kappa shape index (κ2) is 6.91. The zero-order valence-corrected chi connectivity index (χ0v) is 14.3. The average molecular weight is 379 g/mol. The normalized spacial score (nSPS) is 11.8. The van der Waals surface area contributed by atoms with E-state index < -0.39 is 26.5 Å². The van der Waals surface area contributed by atoms with E-state index in [1.807, 2.05) is 0 Å². The van der Waals surface area contributed by atoms with E-state index in [2.05, 4.69) is 0 Å². The van der Waals surface area contributed by atoms with Crippen LogP contribution in [0.4, 0.5) is 10.1 Å². The molecule has 0 spiro atoms. The number of nitrogens with zero attached hydrogens (tertiary/aromatic N) is 2. The summed E-state index contributed by atoms with van der Waals surface area (Å²) in [6, 6.07) is 5.89. The predicted molar refractivity (Wildman–Crippen MR) is 85.7 cm³/mol. The number of thiophene rings is 1. The van der Waals surface area contributed by atoms with Gasteiger partial charge in [-0.3, -0.25) is 10.1 Å². The highest BCUT2D eigenvalue weighted by molar-refractivity contribution is 7.89. The third kappa shape index (κ3) is 3.86. The fraction of sp³-hybridized carbons (Fsp3) is 0.231. The van der Waals surface area contributed by atoms with Gasteiger partial charge in [0.25, 0.3) is 0 Å². The summed E-state index contributed by atoms with van der Waals surface area (Å²) in [5.41, 5.74) is -0.874. The van der Waals surface area contributed by atoms with E-state index in [-0.39, 0.29) is 18.0 Å². The molecular weight excluding hydrogens is 367 g/mol. The quantitative estimate of drug-likeness (QED) is 0.567. The molecule has 0 amide bonds. The molecule has 124 valence electrons. The SMILES string of the molecule is CCN(Cc1ccc(Cl)s1)S(=O)(=O)c1ccc(F)c([N+](=O)[O-])c1. The van der Waals surface area contributed by atoms with Crippen molar-refractivity contribution in [2.75, 3.05) is 6.54 Å². The maximum absolute atomic E-state index is 13.4. The molecule has 0 radical (unpaired) electrons. The van der Waals surface area contributed by atoms with Gasteiger partial charge in [-0.1, -0.05) is 18.5 Å². The molecular formula is C13H12ClFN2O4S2. The average Bonchev–Trinajstić information content (AvgIpc) is 2.89. The van der Waals surface area contributed by atoms with Gasteiger partial charge in [0.2, 0.25) is 15.8 Å². The Hall–Kier alpha value is -1.55. The minimum atomic E-state index is -3.99. The van der Waals surface area contributed by atoms with Gasteiger partial charge >= 0.3 is 5.69 Å². The first-order valence-electron chi connectivity index (χ1n) is 6.44. The number of hydrogen-bond acceptors (Lipinski definition) is 5.